The van der Waals surface area contributed by atoms with E-state index in [4.69, 9.17) is 4.74 Å². The molecule has 0 saturated carbocycles. The highest BCUT2D eigenvalue weighted by Crippen LogP contribution is 2.34. The second-order valence-corrected chi connectivity index (χ2v) is 10.3. The Labute approximate surface area is 222 Å². The summed E-state index contributed by atoms with van der Waals surface area (Å²) in [5, 5.41) is 5.44. The van der Waals surface area contributed by atoms with Crippen LogP contribution in [0.4, 0.5) is 8.78 Å². The van der Waals surface area contributed by atoms with E-state index in [2.05, 4.69) is 20.5 Å². The SMILES string of the molecule is CNC(=O)c1ccc(-c2cn3c(n2)sc2cc(C(=O)NCCCN4CCC(F)CC4)c(OC)cc23)c(F)c1. The molecule has 5 rings (SSSR count). The fourth-order valence-corrected chi connectivity index (χ4v) is 5.76. The van der Waals surface area contributed by atoms with Gasteiger partial charge in [0.05, 0.1) is 28.6 Å². The third-order valence-electron chi connectivity index (χ3n) is 6.85. The summed E-state index contributed by atoms with van der Waals surface area (Å²) in [5.74, 6) is -0.700. The maximum absolute atomic E-state index is 14.8. The highest BCUT2D eigenvalue weighted by molar-refractivity contribution is 7.23. The van der Waals surface area contributed by atoms with Crippen LogP contribution in [0, 0.1) is 5.82 Å². The highest BCUT2D eigenvalue weighted by atomic mass is 32.1. The number of benzene rings is 2. The Hall–Kier alpha value is -3.57. The number of imidazole rings is 1. The Morgan fingerprint density at radius 2 is 1.97 bits per heavy atom. The topological polar surface area (TPSA) is 88.0 Å². The van der Waals surface area contributed by atoms with Crippen molar-refractivity contribution in [2.45, 2.75) is 25.4 Å². The van der Waals surface area contributed by atoms with Gasteiger partial charge >= 0.3 is 0 Å². The first kappa shape index (κ1) is 26.1. The van der Waals surface area contributed by atoms with Crippen molar-refractivity contribution in [1.29, 1.82) is 0 Å². The molecule has 0 spiro atoms. The van der Waals surface area contributed by atoms with E-state index in [1.54, 1.807) is 30.5 Å². The fourth-order valence-electron chi connectivity index (χ4n) is 4.73. The number of halogens is 2. The largest absolute Gasteiger partial charge is 0.496 e. The first-order valence-electron chi connectivity index (χ1n) is 12.5. The van der Waals surface area contributed by atoms with Gasteiger partial charge in [-0.1, -0.05) is 11.3 Å². The van der Waals surface area contributed by atoms with Crippen LogP contribution in [0.5, 0.6) is 5.75 Å². The summed E-state index contributed by atoms with van der Waals surface area (Å²) in [5.41, 5.74) is 2.18. The van der Waals surface area contributed by atoms with Crippen molar-refractivity contribution in [1.82, 2.24) is 24.9 Å². The van der Waals surface area contributed by atoms with Crippen molar-refractivity contribution in [3.05, 3.63) is 53.5 Å². The predicted octanol–water partition coefficient (Wildman–Crippen LogP) is 4.28. The number of aromatic nitrogens is 2. The number of thiazole rings is 1. The fraction of sp³-hybridized carbons (Fsp3) is 0.370. The van der Waals surface area contributed by atoms with Crippen LogP contribution < -0.4 is 15.4 Å². The average Bonchev–Trinajstić information content (AvgIpc) is 3.48. The van der Waals surface area contributed by atoms with Crippen molar-refractivity contribution in [3.8, 4) is 17.0 Å². The van der Waals surface area contributed by atoms with Gasteiger partial charge in [0.2, 0.25) is 0 Å². The number of rotatable bonds is 8. The van der Waals surface area contributed by atoms with Crippen molar-refractivity contribution in [3.63, 3.8) is 0 Å². The number of hydrogen-bond donors (Lipinski definition) is 2. The molecular formula is C27H29F2N5O3S. The molecule has 4 aromatic rings. The zero-order valence-corrected chi connectivity index (χ0v) is 22.0. The maximum atomic E-state index is 14.8. The van der Waals surface area contributed by atoms with Crippen LogP contribution in [-0.2, 0) is 0 Å². The first-order valence-corrected chi connectivity index (χ1v) is 13.4. The van der Waals surface area contributed by atoms with Crippen LogP contribution in [0.1, 0.15) is 40.0 Å². The van der Waals surface area contributed by atoms with Crippen molar-refractivity contribution >= 4 is 38.3 Å². The van der Waals surface area contributed by atoms with Gasteiger partial charge in [-0.25, -0.2) is 13.8 Å². The van der Waals surface area contributed by atoms with Gasteiger partial charge in [-0.15, -0.1) is 0 Å². The molecule has 3 heterocycles. The molecule has 0 unspecified atom stereocenters. The molecule has 1 saturated heterocycles. The molecule has 0 atom stereocenters. The minimum atomic E-state index is -0.692. The van der Waals surface area contributed by atoms with Gasteiger partial charge < -0.3 is 20.3 Å². The molecule has 2 aromatic carbocycles. The van der Waals surface area contributed by atoms with E-state index in [0.29, 0.717) is 46.9 Å². The molecule has 11 heteroatoms. The highest BCUT2D eigenvalue weighted by Gasteiger charge is 2.20. The van der Waals surface area contributed by atoms with Gasteiger partial charge in [-0.2, -0.15) is 0 Å². The number of nitrogens with zero attached hydrogens (tertiary/aromatic N) is 3. The summed E-state index contributed by atoms with van der Waals surface area (Å²) in [6, 6.07) is 7.86. The Bertz CT molecular complexity index is 1490. The van der Waals surface area contributed by atoms with Crippen LogP contribution in [0.25, 0.3) is 26.4 Å². The lowest BCUT2D eigenvalue weighted by atomic mass is 10.1. The number of piperidine rings is 1. The molecule has 2 N–H and O–H groups in total. The van der Waals surface area contributed by atoms with Gasteiger partial charge in [0.25, 0.3) is 11.8 Å². The third kappa shape index (κ3) is 5.21. The lowest BCUT2D eigenvalue weighted by molar-refractivity contribution is 0.0943. The molecule has 0 aliphatic carbocycles. The number of nitrogens with one attached hydrogen (secondary N) is 2. The molecule has 200 valence electrons. The molecular weight excluding hydrogens is 512 g/mol. The molecule has 1 fully saturated rings. The molecule has 0 bridgehead atoms. The number of methoxy groups -OCH3 is 1. The lowest BCUT2D eigenvalue weighted by Gasteiger charge is -2.28. The molecule has 1 aliphatic heterocycles. The predicted molar refractivity (Wildman–Crippen MR) is 143 cm³/mol. The van der Waals surface area contributed by atoms with Crippen LogP contribution in [0.3, 0.4) is 0 Å². The van der Waals surface area contributed by atoms with Gasteiger partial charge in [0, 0.05) is 50.1 Å². The second kappa shape index (κ2) is 11.0. The minimum Gasteiger partial charge on any atom is -0.496 e. The molecule has 8 nitrogen and oxygen atoms in total. The second-order valence-electron chi connectivity index (χ2n) is 9.30. The van der Waals surface area contributed by atoms with Gasteiger partial charge in [0.15, 0.2) is 4.96 Å². The monoisotopic (exact) mass is 541 g/mol. The molecule has 38 heavy (non-hydrogen) atoms. The van der Waals surface area contributed by atoms with E-state index >= 15 is 0 Å². The Morgan fingerprint density at radius 1 is 1.18 bits per heavy atom. The van der Waals surface area contributed by atoms with E-state index in [1.807, 2.05) is 4.40 Å². The Kier molecular flexibility index (Phi) is 7.57. The third-order valence-corrected chi connectivity index (χ3v) is 7.87. The van der Waals surface area contributed by atoms with E-state index in [0.717, 1.165) is 36.3 Å². The molecule has 0 radical (unpaired) electrons. The standard InChI is InChI=1S/C27H29F2N5O3S/c1-30-25(35)16-4-5-18(20(29)12-16)21-15-34-22-14-23(37-2)19(13-24(22)38-27(34)32-21)26(36)31-8-3-9-33-10-6-17(28)7-11-33/h4-5,12-15,17H,3,6-11H2,1-2H3,(H,30,35)(H,31,36). The van der Waals surface area contributed by atoms with Crippen LogP contribution in [-0.4, -0.2) is 72.6 Å². The van der Waals surface area contributed by atoms with Crippen LogP contribution >= 0.6 is 11.3 Å². The summed E-state index contributed by atoms with van der Waals surface area (Å²) in [7, 11) is 3.01. The van der Waals surface area contributed by atoms with Crippen molar-refractivity contribution in [2.24, 2.45) is 0 Å². The van der Waals surface area contributed by atoms with Gasteiger partial charge in [-0.3, -0.25) is 14.0 Å². The summed E-state index contributed by atoms with van der Waals surface area (Å²) < 4.78 is 36.3. The van der Waals surface area contributed by atoms with Crippen LogP contribution in [0.15, 0.2) is 36.5 Å². The van der Waals surface area contributed by atoms with E-state index < -0.39 is 12.0 Å². The Morgan fingerprint density at radius 3 is 2.68 bits per heavy atom. The van der Waals surface area contributed by atoms with E-state index in [1.165, 1.54) is 31.6 Å². The summed E-state index contributed by atoms with van der Waals surface area (Å²) >= 11 is 1.39. The number of ether oxygens (including phenoxy) is 1. The number of hydrogen-bond acceptors (Lipinski definition) is 6. The van der Waals surface area contributed by atoms with Crippen LogP contribution in [0.2, 0.25) is 0 Å². The quantitative estimate of drug-likeness (QED) is 0.325. The summed E-state index contributed by atoms with van der Waals surface area (Å²) in [6.45, 7) is 2.85. The number of likely N-dealkylation sites (tertiary alicyclic amines) is 1. The number of carbonyl (C=O) groups excluding carboxylic acids is 2. The molecule has 1 aliphatic rings. The molecule has 2 aromatic heterocycles. The maximum Gasteiger partial charge on any atom is 0.255 e. The number of carbonyl (C=O) groups is 2. The Balaban J connectivity index is 1.32. The first-order chi connectivity index (χ1) is 18.4. The minimum absolute atomic E-state index is 0.226. The summed E-state index contributed by atoms with van der Waals surface area (Å²) in [6.07, 6.45) is 2.98. The van der Waals surface area contributed by atoms with Crippen molar-refractivity contribution in [2.75, 3.05) is 40.3 Å². The number of amides is 2. The molecule has 2 amide bonds. The smallest absolute Gasteiger partial charge is 0.255 e. The zero-order valence-electron chi connectivity index (χ0n) is 21.2. The lowest BCUT2D eigenvalue weighted by Crippen LogP contribution is -2.36. The van der Waals surface area contributed by atoms with E-state index in [-0.39, 0.29) is 17.4 Å². The average molecular weight is 542 g/mol. The zero-order chi connectivity index (χ0) is 26.8. The number of fused-ring (bicyclic) bond motifs is 3. The van der Waals surface area contributed by atoms with Gasteiger partial charge in [-0.05, 0) is 50.1 Å². The normalized spacial score (nSPS) is 14.7. The number of alkyl halides is 1. The summed E-state index contributed by atoms with van der Waals surface area (Å²) in [4.78, 5) is 32.2. The van der Waals surface area contributed by atoms with E-state index in [9.17, 15) is 18.4 Å². The van der Waals surface area contributed by atoms with Gasteiger partial charge in [0.1, 0.15) is 17.7 Å². The van der Waals surface area contributed by atoms with Crippen molar-refractivity contribution < 1.29 is 23.1 Å².